The van der Waals surface area contributed by atoms with Gasteiger partial charge in [-0.25, -0.2) is 0 Å². The molecule has 0 radical (unpaired) electrons. The minimum Gasteiger partial charge on any atom is -0.343 e. The van der Waals surface area contributed by atoms with Crippen molar-refractivity contribution >= 4 is 5.91 Å². The first-order valence-electron chi connectivity index (χ1n) is 6.99. The fourth-order valence-corrected chi connectivity index (χ4v) is 2.45. The Bertz CT molecular complexity index is 316. The first kappa shape index (κ1) is 15.0. The maximum absolute atomic E-state index is 12.1. The van der Waals surface area contributed by atoms with Crippen molar-refractivity contribution in [2.24, 2.45) is 11.3 Å². The van der Waals surface area contributed by atoms with Crippen LogP contribution < -0.4 is 0 Å². The molecule has 0 aliphatic heterocycles. The lowest BCUT2D eigenvalue weighted by molar-refractivity contribution is -0.133. The number of nitrogens with zero attached hydrogens (tertiary/aromatic N) is 2. The second kappa shape index (κ2) is 6.22. The van der Waals surface area contributed by atoms with Crippen LogP contribution in [-0.2, 0) is 4.79 Å². The van der Waals surface area contributed by atoms with E-state index in [4.69, 9.17) is 5.26 Å². The summed E-state index contributed by atoms with van der Waals surface area (Å²) in [7, 11) is 1.92. The van der Waals surface area contributed by atoms with Crippen molar-refractivity contribution in [3.05, 3.63) is 0 Å². The molecule has 1 rings (SSSR count). The fourth-order valence-electron chi connectivity index (χ4n) is 2.45. The van der Waals surface area contributed by atoms with Gasteiger partial charge in [-0.2, -0.15) is 5.26 Å². The second-order valence-corrected chi connectivity index (χ2v) is 6.70. The maximum Gasteiger partial charge on any atom is 0.222 e. The van der Waals surface area contributed by atoms with Gasteiger partial charge in [0, 0.05) is 25.4 Å². The van der Waals surface area contributed by atoms with Crippen molar-refractivity contribution in [2.45, 2.75) is 65.3 Å². The van der Waals surface area contributed by atoms with Crippen LogP contribution in [-0.4, -0.2) is 23.9 Å². The van der Waals surface area contributed by atoms with Crippen LogP contribution in [0.1, 0.15) is 59.3 Å². The Labute approximate surface area is 111 Å². The Kier molecular flexibility index (Phi) is 5.19. The summed E-state index contributed by atoms with van der Waals surface area (Å²) in [4.78, 5) is 14.0. The molecule has 1 aliphatic carbocycles. The van der Waals surface area contributed by atoms with Gasteiger partial charge in [-0.3, -0.25) is 4.79 Å². The van der Waals surface area contributed by atoms with Gasteiger partial charge in [-0.1, -0.05) is 20.8 Å². The smallest absolute Gasteiger partial charge is 0.222 e. The third-order valence-corrected chi connectivity index (χ3v) is 3.91. The zero-order chi connectivity index (χ0) is 13.8. The summed E-state index contributed by atoms with van der Waals surface area (Å²) in [6.45, 7) is 6.50. The van der Waals surface area contributed by atoms with Crippen molar-refractivity contribution in [1.82, 2.24) is 4.90 Å². The van der Waals surface area contributed by atoms with Crippen LogP contribution in [0.2, 0.25) is 0 Å². The van der Waals surface area contributed by atoms with Gasteiger partial charge in [-0.15, -0.1) is 0 Å². The molecule has 3 nitrogen and oxygen atoms in total. The number of nitriles is 1. The number of rotatable bonds is 3. The van der Waals surface area contributed by atoms with Gasteiger partial charge in [0.25, 0.3) is 0 Å². The van der Waals surface area contributed by atoms with E-state index < -0.39 is 0 Å². The average Bonchev–Trinajstić information content (AvgIpc) is 2.34. The van der Waals surface area contributed by atoms with Crippen LogP contribution in [0.5, 0.6) is 0 Å². The molecule has 3 heteroatoms. The zero-order valence-corrected chi connectivity index (χ0v) is 12.2. The van der Waals surface area contributed by atoms with Gasteiger partial charge in [-0.05, 0) is 37.5 Å². The molecule has 0 saturated heterocycles. The highest BCUT2D eigenvalue weighted by atomic mass is 16.2. The van der Waals surface area contributed by atoms with Crippen molar-refractivity contribution in [3.8, 4) is 6.07 Å². The standard InChI is InChI=1S/C15H26N2O/c1-15(2,3)10-9-14(18)17(4)13-7-5-12(11-16)6-8-13/h12-13H,5-10H2,1-4H3. The van der Waals surface area contributed by atoms with Crippen molar-refractivity contribution in [3.63, 3.8) is 0 Å². The quantitative estimate of drug-likeness (QED) is 0.771. The van der Waals surface area contributed by atoms with Crippen LogP contribution in [0.4, 0.5) is 0 Å². The Morgan fingerprint density at radius 2 is 1.83 bits per heavy atom. The number of hydrogen-bond donors (Lipinski definition) is 0. The molecule has 1 aliphatic rings. The summed E-state index contributed by atoms with van der Waals surface area (Å²) in [6, 6.07) is 2.68. The second-order valence-electron chi connectivity index (χ2n) is 6.70. The highest BCUT2D eigenvalue weighted by Gasteiger charge is 2.26. The van der Waals surface area contributed by atoms with Crippen molar-refractivity contribution < 1.29 is 4.79 Å². The first-order valence-corrected chi connectivity index (χ1v) is 6.99. The Hall–Kier alpha value is -1.04. The van der Waals surface area contributed by atoms with Gasteiger partial charge in [0.15, 0.2) is 0 Å². The fraction of sp³-hybridized carbons (Fsp3) is 0.867. The van der Waals surface area contributed by atoms with Crippen LogP contribution in [0, 0.1) is 22.7 Å². The van der Waals surface area contributed by atoms with Crippen LogP contribution in [0.15, 0.2) is 0 Å². The normalized spacial score (nSPS) is 24.4. The van der Waals surface area contributed by atoms with Gasteiger partial charge in [0.05, 0.1) is 6.07 Å². The van der Waals surface area contributed by atoms with E-state index in [2.05, 4.69) is 26.8 Å². The Morgan fingerprint density at radius 3 is 2.28 bits per heavy atom. The number of carbonyl (C=O) groups is 1. The highest BCUT2D eigenvalue weighted by molar-refractivity contribution is 5.76. The molecular weight excluding hydrogens is 224 g/mol. The minimum absolute atomic E-state index is 0.208. The van der Waals surface area contributed by atoms with Crippen LogP contribution >= 0.6 is 0 Å². The van der Waals surface area contributed by atoms with Crippen molar-refractivity contribution in [1.29, 1.82) is 5.26 Å². The molecule has 18 heavy (non-hydrogen) atoms. The molecule has 1 saturated carbocycles. The SMILES string of the molecule is CN(C(=O)CCC(C)(C)C)C1CCC(C#N)CC1. The average molecular weight is 250 g/mol. The molecule has 0 atom stereocenters. The Morgan fingerprint density at radius 1 is 1.28 bits per heavy atom. The first-order chi connectivity index (χ1) is 8.33. The lowest BCUT2D eigenvalue weighted by Crippen LogP contribution is -2.39. The third kappa shape index (κ3) is 4.68. The van der Waals surface area contributed by atoms with Crippen molar-refractivity contribution in [2.75, 3.05) is 7.05 Å². The number of carbonyl (C=O) groups excluding carboxylic acids is 1. The van der Waals surface area contributed by atoms with Crippen LogP contribution in [0.25, 0.3) is 0 Å². The summed E-state index contributed by atoms with van der Waals surface area (Å²) in [5.74, 6) is 0.463. The van der Waals surface area contributed by atoms with E-state index in [1.165, 1.54) is 0 Å². The molecule has 0 heterocycles. The predicted molar refractivity (Wildman–Crippen MR) is 72.8 cm³/mol. The van der Waals surface area contributed by atoms with E-state index in [9.17, 15) is 4.79 Å². The molecule has 0 N–H and O–H groups in total. The monoisotopic (exact) mass is 250 g/mol. The molecule has 0 bridgehead atoms. The molecule has 0 aromatic rings. The predicted octanol–water partition coefficient (Wildman–Crippen LogP) is 3.35. The molecular formula is C15H26N2O. The molecule has 1 amide bonds. The lowest BCUT2D eigenvalue weighted by atomic mass is 9.86. The molecule has 0 aromatic heterocycles. The van der Waals surface area contributed by atoms with E-state index in [0.29, 0.717) is 12.5 Å². The summed E-state index contributed by atoms with van der Waals surface area (Å²) in [5.41, 5.74) is 0.217. The highest BCUT2D eigenvalue weighted by Crippen LogP contribution is 2.27. The van der Waals surface area contributed by atoms with Crippen LogP contribution in [0.3, 0.4) is 0 Å². The molecule has 1 fully saturated rings. The molecule has 0 spiro atoms. The lowest BCUT2D eigenvalue weighted by Gasteiger charge is -2.33. The summed E-state index contributed by atoms with van der Waals surface area (Å²) >= 11 is 0. The molecule has 0 aromatic carbocycles. The van der Waals surface area contributed by atoms with E-state index >= 15 is 0 Å². The molecule has 102 valence electrons. The number of amides is 1. The zero-order valence-electron chi connectivity index (χ0n) is 12.2. The largest absolute Gasteiger partial charge is 0.343 e. The topological polar surface area (TPSA) is 44.1 Å². The maximum atomic E-state index is 12.1. The Balaban J connectivity index is 2.38. The van der Waals surface area contributed by atoms with E-state index in [-0.39, 0.29) is 17.2 Å². The number of hydrogen-bond acceptors (Lipinski definition) is 2. The van der Waals surface area contributed by atoms with E-state index in [1.54, 1.807) is 0 Å². The van der Waals surface area contributed by atoms with E-state index in [1.807, 2.05) is 11.9 Å². The summed E-state index contributed by atoms with van der Waals surface area (Å²) in [5, 5.41) is 8.87. The van der Waals surface area contributed by atoms with Gasteiger partial charge < -0.3 is 4.90 Å². The molecule has 0 unspecified atom stereocenters. The third-order valence-electron chi connectivity index (χ3n) is 3.91. The van der Waals surface area contributed by atoms with E-state index in [0.717, 1.165) is 32.1 Å². The summed E-state index contributed by atoms with van der Waals surface area (Å²) in [6.07, 6.45) is 5.42. The van der Waals surface area contributed by atoms with Gasteiger partial charge in [0.2, 0.25) is 5.91 Å². The van der Waals surface area contributed by atoms with Gasteiger partial charge >= 0.3 is 0 Å². The minimum atomic E-state index is 0.208. The summed E-state index contributed by atoms with van der Waals surface area (Å²) < 4.78 is 0. The van der Waals surface area contributed by atoms with Gasteiger partial charge in [0.1, 0.15) is 0 Å².